The molecule has 3 N–H and O–H groups in total. The summed E-state index contributed by atoms with van der Waals surface area (Å²) < 4.78 is 40.3. The monoisotopic (exact) mass is 693 g/mol. The Bertz CT molecular complexity index is 1080. The minimum absolute atomic E-state index is 0.0762. The van der Waals surface area contributed by atoms with Gasteiger partial charge in [0.1, 0.15) is 42.5 Å². The van der Waals surface area contributed by atoms with Crippen molar-refractivity contribution in [3.63, 3.8) is 0 Å². The van der Waals surface area contributed by atoms with Gasteiger partial charge in [0, 0.05) is 13.7 Å². The number of methoxy groups -OCH3 is 1. The van der Waals surface area contributed by atoms with Crippen molar-refractivity contribution in [2.24, 2.45) is 10.4 Å². The predicted octanol–water partition coefficient (Wildman–Crippen LogP) is 2.38. The molecule has 0 saturated heterocycles. The molecule has 0 fully saturated rings. The van der Waals surface area contributed by atoms with Crippen LogP contribution in [-0.2, 0) is 52.3 Å². The van der Waals surface area contributed by atoms with Crippen LogP contribution in [-0.4, -0.2) is 117 Å². The Labute approximate surface area is 280 Å². The molecular formula is C30H51N3O15. The number of unbranched alkanes of at least 4 members (excludes halogenated alkanes) is 1. The fourth-order valence-corrected chi connectivity index (χ4v) is 2.95. The molecule has 0 radical (unpaired) electrons. The average molecular weight is 694 g/mol. The van der Waals surface area contributed by atoms with E-state index in [0.717, 1.165) is 6.92 Å². The third-order valence-electron chi connectivity index (χ3n) is 5.30. The van der Waals surface area contributed by atoms with E-state index in [1.54, 1.807) is 41.5 Å². The number of guanidine groups is 1. The molecule has 18 heteroatoms. The van der Waals surface area contributed by atoms with Crippen LogP contribution in [0.3, 0.4) is 0 Å². The maximum Gasteiger partial charge on any atom is 0.508 e. The van der Waals surface area contributed by atoms with Crippen LogP contribution >= 0.6 is 0 Å². The van der Waals surface area contributed by atoms with Gasteiger partial charge >= 0.3 is 36.2 Å². The van der Waals surface area contributed by atoms with Crippen LogP contribution in [0.2, 0.25) is 0 Å². The van der Waals surface area contributed by atoms with Crippen molar-refractivity contribution < 1.29 is 71.8 Å². The van der Waals surface area contributed by atoms with Gasteiger partial charge in [0.25, 0.3) is 0 Å². The summed E-state index contributed by atoms with van der Waals surface area (Å²) in [6.07, 6.45) is -5.11. The lowest BCUT2D eigenvalue weighted by Crippen LogP contribution is -2.47. The number of aliphatic imine (C=N–C) groups is 1. The van der Waals surface area contributed by atoms with E-state index in [0.29, 0.717) is 6.42 Å². The molecular weight excluding hydrogens is 642 g/mol. The second-order valence-corrected chi connectivity index (χ2v) is 12.6. The van der Waals surface area contributed by atoms with Crippen molar-refractivity contribution in [3.05, 3.63) is 0 Å². The minimum Gasteiger partial charge on any atom is -0.465 e. The first-order valence-electron chi connectivity index (χ1n) is 15.1. The molecule has 0 bridgehead atoms. The Morgan fingerprint density at radius 3 is 1.75 bits per heavy atom. The Morgan fingerprint density at radius 1 is 0.708 bits per heavy atom. The number of esters is 3. The maximum absolute atomic E-state index is 13.1. The molecule has 3 atom stereocenters. The molecule has 0 heterocycles. The lowest BCUT2D eigenvalue weighted by atomic mass is 9.93. The molecule has 0 spiro atoms. The number of carbonyl (C=O) groups excluding carboxylic acids is 6. The molecule has 0 aromatic rings. The van der Waals surface area contributed by atoms with Gasteiger partial charge in [-0.3, -0.25) is 20.4 Å². The summed E-state index contributed by atoms with van der Waals surface area (Å²) in [5, 5.41) is 14.0. The molecule has 0 aliphatic rings. The van der Waals surface area contributed by atoms with E-state index in [1.807, 2.05) is 0 Å². The number of aliphatic hydroxyl groups is 1. The van der Waals surface area contributed by atoms with E-state index in [1.165, 1.54) is 21.0 Å². The van der Waals surface area contributed by atoms with Gasteiger partial charge in [-0.2, -0.15) is 0 Å². The van der Waals surface area contributed by atoms with Crippen molar-refractivity contribution in [3.8, 4) is 0 Å². The van der Waals surface area contributed by atoms with Crippen molar-refractivity contribution >= 4 is 42.2 Å². The highest BCUT2D eigenvalue weighted by Crippen LogP contribution is 2.21. The highest BCUT2D eigenvalue weighted by Gasteiger charge is 2.39. The number of carbonyl (C=O) groups is 6. The fraction of sp³-hybridized carbons (Fsp3) is 0.767. The summed E-state index contributed by atoms with van der Waals surface area (Å²) in [5.41, 5.74) is -3.32. The van der Waals surface area contributed by atoms with Gasteiger partial charge < -0.3 is 43.0 Å². The highest BCUT2D eigenvalue weighted by molar-refractivity contribution is 6.01. The molecule has 0 aliphatic carbocycles. The third-order valence-corrected chi connectivity index (χ3v) is 5.30. The number of hydrogen-bond donors (Lipinski definition) is 3. The molecule has 18 nitrogen and oxygen atoms in total. The van der Waals surface area contributed by atoms with Gasteiger partial charge in [-0.05, 0) is 75.2 Å². The van der Waals surface area contributed by atoms with Gasteiger partial charge in [0.2, 0.25) is 5.96 Å². The number of amides is 2. The lowest BCUT2D eigenvalue weighted by Gasteiger charge is -2.27. The number of nitrogens with one attached hydrogen (secondary N) is 2. The average Bonchev–Trinajstić information content (AvgIpc) is 2.94. The van der Waals surface area contributed by atoms with Crippen molar-refractivity contribution in [2.45, 2.75) is 98.6 Å². The Morgan fingerprint density at radius 2 is 1.25 bits per heavy atom. The largest absolute Gasteiger partial charge is 0.508 e. The second-order valence-electron chi connectivity index (χ2n) is 12.6. The van der Waals surface area contributed by atoms with Crippen molar-refractivity contribution in [2.75, 3.05) is 46.7 Å². The van der Waals surface area contributed by atoms with Crippen LogP contribution in [0, 0.1) is 5.41 Å². The second kappa shape index (κ2) is 20.9. The van der Waals surface area contributed by atoms with E-state index in [-0.39, 0.29) is 38.7 Å². The number of aliphatic hydroxyl groups excluding tert-OH is 1. The summed E-state index contributed by atoms with van der Waals surface area (Å²) in [6, 6.07) is 0. The van der Waals surface area contributed by atoms with Crippen LogP contribution in [0.4, 0.5) is 14.4 Å². The summed E-state index contributed by atoms with van der Waals surface area (Å²) in [5.74, 6) is -3.19. The Balaban J connectivity index is 5.36. The summed E-state index contributed by atoms with van der Waals surface area (Å²) in [4.78, 5) is 77.6. The normalized spacial score (nSPS) is 13.7. The predicted molar refractivity (Wildman–Crippen MR) is 167 cm³/mol. The lowest BCUT2D eigenvalue weighted by molar-refractivity contribution is -0.177. The van der Waals surface area contributed by atoms with Crippen molar-refractivity contribution in [1.29, 1.82) is 0 Å². The van der Waals surface area contributed by atoms with Gasteiger partial charge in [0.15, 0.2) is 6.10 Å². The van der Waals surface area contributed by atoms with Gasteiger partial charge in [0.05, 0.1) is 13.2 Å². The van der Waals surface area contributed by atoms with E-state index < -0.39 is 78.3 Å². The molecule has 0 aromatic carbocycles. The van der Waals surface area contributed by atoms with Gasteiger partial charge in [-0.15, -0.1) is 0 Å². The SMILES string of the molecule is COCCOC(=O)OCC(C)(COC(=O)[C@@H](C)OC(=O)[C@@H](C)O)C(=O)OCCCCN=C(NC(=O)OC(C)(C)C)NC(=O)OC(C)(C)C. The first-order valence-corrected chi connectivity index (χ1v) is 15.1. The van der Waals surface area contributed by atoms with Crippen LogP contribution in [0.1, 0.15) is 75.2 Å². The van der Waals surface area contributed by atoms with E-state index in [9.17, 15) is 33.9 Å². The summed E-state index contributed by atoms with van der Waals surface area (Å²) >= 11 is 0. The summed E-state index contributed by atoms with van der Waals surface area (Å²) in [6.45, 7) is 12.4. The Kier molecular flexibility index (Phi) is 19.1. The number of ether oxygens (including phenoxy) is 8. The molecule has 0 saturated carbocycles. The molecule has 2 amide bonds. The number of hydrogen-bond acceptors (Lipinski definition) is 16. The Hall–Kier alpha value is -4.19. The highest BCUT2D eigenvalue weighted by atomic mass is 16.7. The van der Waals surface area contributed by atoms with Gasteiger partial charge in [-0.25, -0.2) is 24.0 Å². The zero-order chi connectivity index (χ0) is 37.1. The number of rotatable bonds is 16. The molecule has 1 unspecified atom stereocenters. The zero-order valence-corrected chi connectivity index (χ0v) is 29.4. The smallest absolute Gasteiger partial charge is 0.465 e. The summed E-state index contributed by atoms with van der Waals surface area (Å²) in [7, 11) is 1.41. The van der Waals surface area contributed by atoms with Crippen LogP contribution < -0.4 is 10.6 Å². The van der Waals surface area contributed by atoms with Crippen molar-refractivity contribution in [1.82, 2.24) is 10.6 Å². The molecule has 0 aliphatic heterocycles. The van der Waals surface area contributed by atoms with E-state index in [4.69, 9.17) is 37.9 Å². The van der Waals surface area contributed by atoms with E-state index in [2.05, 4.69) is 15.6 Å². The van der Waals surface area contributed by atoms with Crippen LogP contribution in [0.25, 0.3) is 0 Å². The quantitative estimate of drug-likeness (QED) is 0.0692. The number of alkyl carbamates (subject to hydrolysis) is 2. The first-order chi connectivity index (χ1) is 22.1. The van der Waals surface area contributed by atoms with Gasteiger partial charge in [-0.1, -0.05) is 0 Å². The zero-order valence-electron chi connectivity index (χ0n) is 29.4. The molecule has 48 heavy (non-hydrogen) atoms. The van der Waals surface area contributed by atoms with Crippen LogP contribution in [0.5, 0.6) is 0 Å². The molecule has 276 valence electrons. The standard InChI is InChI=1S/C30H51N3O15/c1-19(34)21(35)46-20(2)22(36)44-17-30(9,18-45-27(40)43-16-15-41-10)23(37)42-14-12-11-13-31-24(32-25(38)47-28(3,4)5)33-26(39)48-29(6,7)8/h19-20,34H,11-18H2,1-10H3,(H2,31,32,33,38,39)/t19-,20-,30?/m1/s1. The van der Waals surface area contributed by atoms with E-state index >= 15 is 0 Å². The topological polar surface area (TPSA) is 233 Å². The fourth-order valence-electron chi connectivity index (χ4n) is 2.95. The minimum atomic E-state index is -1.70. The molecule has 0 aromatic heterocycles. The molecule has 0 rings (SSSR count). The number of nitrogens with zero attached hydrogens (tertiary/aromatic N) is 1. The maximum atomic E-state index is 13.1. The third kappa shape index (κ3) is 20.8. The van der Waals surface area contributed by atoms with Crippen LogP contribution in [0.15, 0.2) is 4.99 Å². The first kappa shape index (κ1) is 43.8.